The van der Waals surface area contributed by atoms with Gasteiger partial charge in [0, 0.05) is 24.0 Å². The number of nitrogens with one attached hydrogen (secondary N) is 2. The number of rotatable bonds is 5. The maximum Gasteiger partial charge on any atom is 0.315 e. The molecule has 1 fully saturated rings. The van der Waals surface area contributed by atoms with Crippen LogP contribution in [-0.4, -0.2) is 34.8 Å². The van der Waals surface area contributed by atoms with Gasteiger partial charge in [0.15, 0.2) is 0 Å². The molecule has 0 unspecified atom stereocenters. The average molecular weight is 297 g/mol. The number of aromatic nitrogens is 1. The van der Waals surface area contributed by atoms with Crippen LogP contribution in [0.3, 0.4) is 0 Å². The third-order valence-electron chi connectivity index (χ3n) is 3.62. The maximum atomic E-state index is 11.8. The number of urea groups is 1. The number of aliphatic hydroxyl groups is 1. The highest BCUT2D eigenvalue weighted by atomic mass is 32.1. The summed E-state index contributed by atoms with van der Waals surface area (Å²) in [4.78, 5) is 17.3. The molecule has 1 aromatic heterocycles. The van der Waals surface area contributed by atoms with Gasteiger partial charge in [-0.2, -0.15) is 0 Å². The lowest BCUT2D eigenvalue weighted by atomic mass is 9.93. The molecule has 6 heteroatoms. The fourth-order valence-electron chi connectivity index (χ4n) is 2.41. The van der Waals surface area contributed by atoms with Gasteiger partial charge in [0.25, 0.3) is 0 Å². The fraction of sp³-hybridized carbons (Fsp3) is 0.714. The predicted molar refractivity (Wildman–Crippen MR) is 80.0 cm³/mol. The molecular formula is C14H23N3O2S. The summed E-state index contributed by atoms with van der Waals surface area (Å²) in [5, 5.41) is 16.5. The van der Waals surface area contributed by atoms with Gasteiger partial charge in [-0.3, -0.25) is 0 Å². The van der Waals surface area contributed by atoms with E-state index in [2.05, 4.69) is 22.5 Å². The van der Waals surface area contributed by atoms with Gasteiger partial charge in [0.05, 0.1) is 17.2 Å². The molecule has 20 heavy (non-hydrogen) atoms. The van der Waals surface area contributed by atoms with Crippen LogP contribution >= 0.6 is 11.3 Å². The molecule has 2 atom stereocenters. The summed E-state index contributed by atoms with van der Waals surface area (Å²) in [6.45, 7) is 2.68. The quantitative estimate of drug-likeness (QED) is 0.776. The molecule has 0 saturated heterocycles. The van der Waals surface area contributed by atoms with Crippen LogP contribution in [-0.2, 0) is 12.8 Å². The molecule has 0 spiro atoms. The third-order valence-corrected chi connectivity index (χ3v) is 4.82. The van der Waals surface area contributed by atoms with E-state index in [4.69, 9.17) is 0 Å². The Morgan fingerprint density at radius 3 is 3.00 bits per heavy atom. The van der Waals surface area contributed by atoms with Crippen molar-refractivity contribution in [2.24, 2.45) is 0 Å². The number of hydrogen-bond acceptors (Lipinski definition) is 4. The lowest BCUT2D eigenvalue weighted by Crippen LogP contribution is -2.49. The molecule has 1 aromatic rings. The molecule has 1 aliphatic carbocycles. The fourth-order valence-corrected chi connectivity index (χ4v) is 3.27. The van der Waals surface area contributed by atoms with Crippen LogP contribution in [0, 0.1) is 0 Å². The summed E-state index contributed by atoms with van der Waals surface area (Å²) in [5.74, 6) is 0. The van der Waals surface area contributed by atoms with E-state index in [0.29, 0.717) is 6.54 Å². The number of carbonyl (C=O) groups excluding carboxylic acids is 1. The highest BCUT2D eigenvalue weighted by Crippen LogP contribution is 2.18. The molecule has 1 saturated carbocycles. The third kappa shape index (κ3) is 4.45. The van der Waals surface area contributed by atoms with E-state index in [0.717, 1.165) is 43.5 Å². The molecule has 0 aromatic carbocycles. The second kappa shape index (κ2) is 7.59. The summed E-state index contributed by atoms with van der Waals surface area (Å²) < 4.78 is 0. The van der Waals surface area contributed by atoms with Crippen LogP contribution in [0.2, 0.25) is 0 Å². The van der Waals surface area contributed by atoms with E-state index < -0.39 is 6.10 Å². The largest absolute Gasteiger partial charge is 0.391 e. The Balaban J connectivity index is 1.67. The Hall–Kier alpha value is -1.14. The molecule has 3 N–H and O–H groups in total. The number of hydrogen-bond donors (Lipinski definition) is 3. The Bertz CT molecular complexity index is 436. The van der Waals surface area contributed by atoms with Gasteiger partial charge >= 0.3 is 6.03 Å². The van der Waals surface area contributed by atoms with Crippen molar-refractivity contribution < 1.29 is 9.90 Å². The van der Waals surface area contributed by atoms with Crippen molar-refractivity contribution >= 4 is 17.4 Å². The molecule has 1 heterocycles. The number of aliphatic hydroxyl groups excluding tert-OH is 1. The van der Waals surface area contributed by atoms with E-state index >= 15 is 0 Å². The van der Waals surface area contributed by atoms with Crippen molar-refractivity contribution in [2.45, 2.75) is 57.6 Å². The number of amides is 2. The predicted octanol–water partition coefficient (Wildman–Crippen LogP) is 1.85. The first kappa shape index (κ1) is 15.3. The normalized spacial score (nSPS) is 22.5. The minimum atomic E-state index is -0.402. The number of carbonyl (C=O) groups is 1. The van der Waals surface area contributed by atoms with E-state index in [1.54, 1.807) is 11.3 Å². The molecule has 5 nitrogen and oxygen atoms in total. The SMILES string of the molecule is CCc1cnc(CCNC(=O)N[C@H]2CCCC[C@H]2O)s1. The van der Waals surface area contributed by atoms with Crippen LogP contribution in [0.25, 0.3) is 0 Å². The lowest BCUT2D eigenvalue weighted by Gasteiger charge is -2.28. The van der Waals surface area contributed by atoms with Gasteiger partial charge in [-0.25, -0.2) is 9.78 Å². The highest BCUT2D eigenvalue weighted by molar-refractivity contribution is 7.11. The molecule has 1 aliphatic rings. The van der Waals surface area contributed by atoms with E-state index in [9.17, 15) is 9.90 Å². The molecular weight excluding hydrogens is 274 g/mol. The Morgan fingerprint density at radius 2 is 2.30 bits per heavy atom. The summed E-state index contributed by atoms with van der Waals surface area (Å²) in [6, 6.07) is -0.293. The summed E-state index contributed by atoms with van der Waals surface area (Å²) in [6.07, 6.45) is 7.02. The van der Waals surface area contributed by atoms with Crippen LogP contribution in [0.4, 0.5) is 4.79 Å². The van der Waals surface area contributed by atoms with Gasteiger partial charge < -0.3 is 15.7 Å². The maximum absolute atomic E-state index is 11.8. The molecule has 112 valence electrons. The van der Waals surface area contributed by atoms with Gasteiger partial charge in [0.2, 0.25) is 0 Å². The minimum absolute atomic E-state index is 0.102. The average Bonchev–Trinajstić information content (AvgIpc) is 2.89. The topological polar surface area (TPSA) is 74.2 Å². The first-order valence-corrected chi connectivity index (χ1v) is 8.16. The Morgan fingerprint density at radius 1 is 1.50 bits per heavy atom. The van der Waals surface area contributed by atoms with Crippen LogP contribution in [0.15, 0.2) is 6.20 Å². The van der Waals surface area contributed by atoms with E-state index in [1.807, 2.05) is 6.20 Å². The minimum Gasteiger partial charge on any atom is -0.391 e. The van der Waals surface area contributed by atoms with Crippen LogP contribution in [0.5, 0.6) is 0 Å². The number of nitrogens with zero attached hydrogens (tertiary/aromatic N) is 1. The van der Waals surface area contributed by atoms with Gasteiger partial charge in [0.1, 0.15) is 0 Å². The molecule has 0 aliphatic heterocycles. The Labute approximate surface area is 123 Å². The first-order valence-electron chi connectivity index (χ1n) is 7.35. The van der Waals surface area contributed by atoms with Crippen molar-refractivity contribution in [1.29, 1.82) is 0 Å². The van der Waals surface area contributed by atoms with Crippen molar-refractivity contribution in [1.82, 2.24) is 15.6 Å². The smallest absolute Gasteiger partial charge is 0.315 e. The highest BCUT2D eigenvalue weighted by Gasteiger charge is 2.24. The molecule has 2 rings (SSSR count). The summed E-state index contributed by atoms with van der Waals surface area (Å²) >= 11 is 1.70. The lowest BCUT2D eigenvalue weighted by molar-refractivity contribution is 0.0943. The first-order chi connectivity index (χ1) is 9.69. The van der Waals surface area contributed by atoms with Crippen molar-refractivity contribution in [3.8, 4) is 0 Å². The zero-order valence-electron chi connectivity index (χ0n) is 11.9. The molecule has 2 amide bonds. The molecule has 0 bridgehead atoms. The number of thiazole rings is 1. The second-order valence-electron chi connectivity index (χ2n) is 5.18. The zero-order chi connectivity index (χ0) is 14.4. The van der Waals surface area contributed by atoms with Crippen LogP contribution < -0.4 is 10.6 Å². The van der Waals surface area contributed by atoms with E-state index in [1.165, 1.54) is 4.88 Å². The van der Waals surface area contributed by atoms with Crippen molar-refractivity contribution in [3.63, 3.8) is 0 Å². The second-order valence-corrected chi connectivity index (χ2v) is 6.38. The van der Waals surface area contributed by atoms with Crippen molar-refractivity contribution in [2.75, 3.05) is 6.54 Å². The van der Waals surface area contributed by atoms with E-state index in [-0.39, 0.29) is 12.1 Å². The monoisotopic (exact) mass is 297 g/mol. The zero-order valence-corrected chi connectivity index (χ0v) is 12.7. The Kier molecular flexibility index (Phi) is 5.79. The number of aryl methyl sites for hydroxylation is 1. The summed E-state index contributed by atoms with van der Waals surface area (Å²) in [5.41, 5.74) is 0. The van der Waals surface area contributed by atoms with Gasteiger partial charge in [-0.1, -0.05) is 19.8 Å². The van der Waals surface area contributed by atoms with Gasteiger partial charge in [-0.05, 0) is 19.3 Å². The van der Waals surface area contributed by atoms with Crippen molar-refractivity contribution in [3.05, 3.63) is 16.1 Å². The van der Waals surface area contributed by atoms with Gasteiger partial charge in [-0.15, -0.1) is 11.3 Å². The summed E-state index contributed by atoms with van der Waals surface area (Å²) in [7, 11) is 0. The van der Waals surface area contributed by atoms with Crippen LogP contribution in [0.1, 0.15) is 42.5 Å². The standard InChI is InChI=1S/C14H23N3O2S/c1-2-10-9-16-13(20-10)7-8-15-14(19)17-11-5-3-4-6-12(11)18/h9,11-12,18H,2-8H2,1H3,(H2,15,17,19)/t11-,12+/m0/s1. The molecule has 0 radical (unpaired) electrons.